The molecule has 3 amide bonds. The summed E-state index contributed by atoms with van der Waals surface area (Å²) in [5.74, 6) is -2.12. The van der Waals surface area contributed by atoms with Crippen molar-refractivity contribution in [1.29, 1.82) is 0 Å². The van der Waals surface area contributed by atoms with Gasteiger partial charge in [0.2, 0.25) is 5.91 Å². The first-order chi connectivity index (χ1) is 14.8. The Morgan fingerprint density at radius 3 is 2.06 bits per heavy atom. The molecule has 0 aliphatic heterocycles. The van der Waals surface area contributed by atoms with Crippen LogP contribution in [0.15, 0.2) is 60.7 Å². The number of nitrogens with one attached hydrogen (secondary N) is 3. The first-order valence-electron chi connectivity index (χ1n) is 9.97. The molecule has 0 unspecified atom stereocenters. The van der Waals surface area contributed by atoms with Gasteiger partial charge in [-0.05, 0) is 31.5 Å². The van der Waals surface area contributed by atoms with Crippen LogP contribution in [0.25, 0.3) is 0 Å². The minimum Gasteiger partial charge on any atom is -0.454 e. The second-order valence-corrected chi connectivity index (χ2v) is 7.19. The van der Waals surface area contributed by atoms with E-state index in [-0.39, 0.29) is 24.9 Å². The van der Waals surface area contributed by atoms with Gasteiger partial charge in [-0.2, -0.15) is 0 Å². The third-order valence-corrected chi connectivity index (χ3v) is 4.15. The number of carbonyl (C=O) groups excluding carboxylic acids is 4. The second kappa shape index (κ2) is 12.1. The van der Waals surface area contributed by atoms with Gasteiger partial charge in [-0.1, -0.05) is 48.5 Å². The quantitative estimate of drug-likeness (QED) is 0.495. The fourth-order valence-electron chi connectivity index (χ4n) is 2.71. The predicted octanol–water partition coefficient (Wildman–Crippen LogP) is 1.21. The second-order valence-electron chi connectivity index (χ2n) is 7.19. The average molecular weight is 425 g/mol. The number of esters is 1. The van der Waals surface area contributed by atoms with E-state index in [1.165, 1.54) is 0 Å². The third-order valence-electron chi connectivity index (χ3n) is 4.15. The molecule has 3 N–H and O–H groups in total. The summed E-state index contributed by atoms with van der Waals surface area (Å²) in [6.45, 7) is 2.84. The average Bonchev–Trinajstić information content (AvgIpc) is 2.76. The van der Waals surface area contributed by atoms with Crippen LogP contribution in [0.1, 0.15) is 29.8 Å². The Bertz CT molecular complexity index is 885. The Morgan fingerprint density at radius 1 is 0.839 bits per heavy atom. The first-order valence-corrected chi connectivity index (χ1v) is 9.97. The van der Waals surface area contributed by atoms with Crippen LogP contribution in [0.5, 0.6) is 0 Å². The number of hydrogen-bond acceptors (Lipinski definition) is 5. The largest absolute Gasteiger partial charge is 0.454 e. The van der Waals surface area contributed by atoms with Crippen molar-refractivity contribution >= 4 is 23.7 Å². The lowest BCUT2D eigenvalue weighted by Crippen LogP contribution is -2.45. The van der Waals surface area contributed by atoms with Gasteiger partial charge in [-0.3, -0.25) is 14.4 Å². The van der Waals surface area contributed by atoms with E-state index >= 15 is 0 Å². The Hall–Kier alpha value is -3.68. The number of ether oxygens (including phenoxy) is 1. The molecule has 0 aromatic heterocycles. The van der Waals surface area contributed by atoms with E-state index in [4.69, 9.17) is 4.74 Å². The Balaban J connectivity index is 1.95. The smallest absolute Gasteiger partial charge is 0.329 e. The molecule has 164 valence electrons. The summed E-state index contributed by atoms with van der Waals surface area (Å²) >= 11 is 0. The van der Waals surface area contributed by atoms with Gasteiger partial charge < -0.3 is 20.7 Å². The number of hydrogen-bond donors (Lipinski definition) is 3. The van der Waals surface area contributed by atoms with Crippen LogP contribution in [0.3, 0.4) is 0 Å². The van der Waals surface area contributed by atoms with Crippen molar-refractivity contribution < 1.29 is 23.9 Å². The Kier molecular flexibility index (Phi) is 9.22. The predicted molar refractivity (Wildman–Crippen MR) is 115 cm³/mol. The van der Waals surface area contributed by atoms with Crippen molar-refractivity contribution in [3.63, 3.8) is 0 Å². The molecular formula is C23H27N3O5. The van der Waals surface area contributed by atoms with E-state index in [1.54, 1.807) is 44.2 Å². The number of rotatable bonds is 10. The molecule has 2 aromatic rings. The highest BCUT2D eigenvalue weighted by atomic mass is 16.5. The lowest BCUT2D eigenvalue weighted by Gasteiger charge is -2.18. The van der Waals surface area contributed by atoms with Crippen molar-refractivity contribution in [3.8, 4) is 0 Å². The minimum atomic E-state index is -0.979. The highest BCUT2D eigenvalue weighted by molar-refractivity contribution is 5.97. The van der Waals surface area contributed by atoms with Gasteiger partial charge in [0.05, 0.1) is 6.54 Å². The standard InChI is InChI=1S/C23H27N3O5/c1-16(2)25-20(27)14-24-21(28)15-31-23(30)19(13-17-9-5-3-6-10-17)26-22(29)18-11-7-4-8-12-18/h3-12,16,19H,13-15H2,1-2H3,(H,24,28)(H,25,27)(H,26,29)/t19-/m1/s1. The topological polar surface area (TPSA) is 114 Å². The lowest BCUT2D eigenvalue weighted by atomic mass is 10.1. The summed E-state index contributed by atoms with van der Waals surface area (Å²) < 4.78 is 5.09. The molecule has 0 fully saturated rings. The molecule has 0 aliphatic carbocycles. The molecule has 0 radical (unpaired) electrons. The van der Waals surface area contributed by atoms with Crippen molar-refractivity contribution in [2.24, 2.45) is 0 Å². The molecule has 1 atom stereocenters. The van der Waals surface area contributed by atoms with Crippen LogP contribution >= 0.6 is 0 Å². The third kappa shape index (κ3) is 8.69. The van der Waals surface area contributed by atoms with Gasteiger partial charge in [0.1, 0.15) is 6.04 Å². The molecule has 31 heavy (non-hydrogen) atoms. The maximum atomic E-state index is 12.6. The monoisotopic (exact) mass is 425 g/mol. The van der Waals surface area contributed by atoms with Crippen LogP contribution < -0.4 is 16.0 Å². The zero-order valence-electron chi connectivity index (χ0n) is 17.6. The van der Waals surface area contributed by atoms with E-state index in [0.717, 1.165) is 5.56 Å². The summed E-state index contributed by atoms with van der Waals surface area (Å²) in [5.41, 5.74) is 1.23. The lowest BCUT2D eigenvalue weighted by molar-refractivity contribution is -0.150. The maximum absolute atomic E-state index is 12.6. The Morgan fingerprint density at radius 2 is 1.45 bits per heavy atom. The number of amides is 3. The summed E-state index contributed by atoms with van der Waals surface area (Å²) in [4.78, 5) is 48.6. The molecule has 0 aliphatic rings. The van der Waals surface area contributed by atoms with Crippen LogP contribution in [0.4, 0.5) is 0 Å². The van der Waals surface area contributed by atoms with Crippen molar-refractivity contribution in [2.45, 2.75) is 32.4 Å². The summed E-state index contributed by atoms with van der Waals surface area (Å²) in [6, 6.07) is 16.6. The molecule has 0 spiro atoms. The van der Waals surface area contributed by atoms with Gasteiger partial charge in [-0.25, -0.2) is 4.79 Å². The Labute approximate surface area is 181 Å². The fourth-order valence-corrected chi connectivity index (χ4v) is 2.71. The van der Waals surface area contributed by atoms with E-state index in [1.807, 2.05) is 30.3 Å². The van der Waals surface area contributed by atoms with Gasteiger partial charge in [0.15, 0.2) is 6.61 Å². The molecule has 0 saturated carbocycles. The van der Waals surface area contributed by atoms with Crippen molar-refractivity contribution in [2.75, 3.05) is 13.2 Å². The molecule has 0 bridgehead atoms. The molecule has 8 heteroatoms. The molecule has 8 nitrogen and oxygen atoms in total. The van der Waals surface area contributed by atoms with Crippen molar-refractivity contribution in [1.82, 2.24) is 16.0 Å². The zero-order chi connectivity index (χ0) is 22.6. The zero-order valence-corrected chi connectivity index (χ0v) is 17.6. The van der Waals surface area contributed by atoms with Crippen LogP contribution in [-0.4, -0.2) is 48.9 Å². The van der Waals surface area contributed by atoms with Gasteiger partial charge >= 0.3 is 5.97 Å². The van der Waals surface area contributed by atoms with Crippen LogP contribution in [0, 0.1) is 0 Å². The van der Waals surface area contributed by atoms with E-state index in [2.05, 4.69) is 16.0 Å². The van der Waals surface area contributed by atoms with Gasteiger partial charge in [0.25, 0.3) is 11.8 Å². The summed E-state index contributed by atoms with van der Waals surface area (Å²) in [6.07, 6.45) is 0.205. The van der Waals surface area contributed by atoms with Crippen LogP contribution in [-0.2, 0) is 25.5 Å². The molecular weight excluding hydrogens is 398 g/mol. The van der Waals surface area contributed by atoms with Gasteiger partial charge in [-0.15, -0.1) is 0 Å². The molecule has 0 heterocycles. The molecule has 0 saturated heterocycles. The summed E-state index contributed by atoms with van der Waals surface area (Å²) in [5, 5.41) is 7.69. The minimum absolute atomic E-state index is 0.0470. The SMILES string of the molecule is CC(C)NC(=O)CNC(=O)COC(=O)[C@@H](Cc1ccccc1)NC(=O)c1ccccc1. The van der Waals surface area contributed by atoms with Crippen LogP contribution in [0.2, 0.25) is 0 Å². The maximum Gasteiger partial charge on any atom is 0.329 e. The van der Waals surface area contributed by atoms with Gasteiger partial charge in [0, 0.05) is 18.0 Å². The normalized spacial score (nSPS) is 11.3. The first kappa shape index (κ1) is 23.6. The summed E-state index contributed by atoms with van der Waals surface area (Å²) in [7, 11) is 0. The van der Waals surface area contributed by atoms with E-state index in [9.17, 15) is 19.2 Å². The highest BCUT2D eigenvalue weighted by Gasteiger charge is 2.24. The number of carbonyl (C=O) groups is 4. The highest BCUT2D eigenvalue weighted by Crippen LogP contribution is 2.07. The molecule has 2 rings (SSSR count). The van der Waals surface area contributed by atoms with Crippen molar-refractivity contribution in [3.05, 3.63) is 71.8 Å². The number of benzene rings is 2. The fraction of sp³-hybridized carbons (Fsp3) is 0.304. The van der Waals surface area contributed by atoms with E-state index < -0.39 is 30.4 Å². The molecule has 2 aromatic carbocycles. The van der Waals surface area contributed by atoms with E-state index in [0.29, 0.717) is 5.56 Å².